The Kier molecular flexibility index (Phi) is 6.91. The van der Waals surface area contributed by atoms with Crippen molar-refractivity contribution in [2.24, 2.45) is 5.73 Å². The molecule has 54 valence electrons. The third-order valence-electron chi connectivity index (χ3n) is 0.840. The molecule has 0 fully saturated rings. The summed E-state index contributed by atoms with van der Waals surface area (Å²) in [5.74, 6) is 0. The van der Waals surface area contributed by atoms with Gasteiger partial charge in [-0.1, -0.05) is 0 Å². The molecule has 0 aliphatic rings. The largest absolute Gasteiger partial charge is 2.00 e. The van der Waals surface area contributed by atoms with E-state index in [2.05, 4.69) is 0 Å². The zero-order chi connectivity index (χ0) is 6.78. The third-order valence-corrected chi connectivity index (χ3v) is 2.05. The van der Waals surface area contributed by atoms with E-state index in [1.54, 1.807) is 0 Å². The van der Waals surface area contributed by atoms with Gasteiger partial charge in [-0.15, -0.1) is 0 Å². The Balaban J connectivity index is -0.0000000817. The van der Waals surface area contributed by atoms with Crippen LogP contribution in [-0.2, 0) is 10.1 Å². The predicted molar refractivity (Wildman–Crippen MR) is 38.0 cm³/mol. The number of hydrogen-bond donors (Lipinski definition) is 2. The van der Waals surface area contributed by atoms with Gasteiger partial charge in [0.15, 0.2) is 0 Å². The van der Waals surface area contributed by atoms with Crippen molar-refractivity contribution in [2.45, 2.75) is 12.2 Å². The van der Waals surface area contributed by atoms with Crippen LogP contribution in [0.4, 0.5) is 0 Å². The molecule has 0 spiro atoms. The van der Waals surface area contributed by atoms with Crippen LogP contribution in [0.5, 0.6) is 0 Å². The normalized spacial score (nSPS) is 14.1. The van der Waals surface area contributed by atoms with Crippen molar-refractivity contribution < 1.29 is 15.8 Å². The first-order valence-corrected chi connectivity index (χ1v) is 3.65. The molecule has 0 bridgehead atoms. The topological polar surface area (TPSA) is 80.4 Å². The van der Waals surface area contributed by atoms with Crippen LogP contribution in [0, 0.1) is 0 Å². The van der Waals surface area contributed by atoms with Crippen molar-refractivity contribution in [1.82, 2.24) is 0 Å². The number of hydrogen-bond acceptors (Lipinski definition) is 3. The van der Waals surface area contributed by atoms with Crippen LogP contribution in [0.25, 0.3) is 0 Å². The fourth-order valence-corrected chi connectivity index (χ4v) is 0.365. The van der Waals surface area contributed by atoms with Gasteiger partial charge in [0, 0.05) is 6.54 Å². The molecule has 0 aliphatic carbocycles. The summed E-state index contributed by atoms with van der Waals surface area (Å²) in [5, 5.41) is -0.845. The van der Waals surface area contributed by atoms with E-state index < -0.39 is 15.4 Å². The first-order valence-electron chi connectivity index (χ1n) is 2.15. The van der Waals surface area contributed by atoms with Crippen LogP contribution >= 0.6 is 0 Å². The minimum atomic E-state index is -3.88. The third kappa shape index (κ3) is 5.57. The Morgan fingerprint density at radius 3 is 2.11 bits per heavy atom. The maximum absolute atomic E-state index is 10.0. The van der Waals surface area contributed by atoms with Crippen molar-refractivity contribution in [3.05, 3.63) is 0 Å². The van der Waals surface area contributed by atoms with Gasteiger partial charge in [0.25, 0.3) is 10.1 Å². The Morgan fingerprint density at radius 2 is 2.11 bits per heavy atom. The van der Waals surface area contributed by atoms with E-state index in [1.165, 1.54) is 6.92 Å². The van der Waals surface area contributed by atoms with Crippen molar-refractivity contribution in [2.75, 3.05) is 6.54 Å². The number of rotatable bonds is 2. The molecule has 0 aromatic carbocycles. The van der Waals surface area contributed by atoms with Gasteiger partial charge in [0.05, 0.1) is 5.25 Å². The Labute approximate surface area is 87.5 Å². The van der Waals surface area contributed by atoms with Crippen molar-refractivity contribution in [1.29, 1.82) is 0 Å². The average Bonchev–Trinajstić information content (AvgIpc) is 1.62. The summed E-state index contributed by atoms with van der Waals surface area (Å²) in [5.41, 5.74) is 4.92. The van der Waals surface area contributed by atoms with Gasteiger partial charge in [-0.3, -0.25) is 4.55 Å². The van der Waals surface area contributed by atoms with E-state index in [1.807, 2.05) is 0 Å². The summed E-state index contributed by atoms with van der Waals surface area (Å²) in [6.07, 6.45) is 0. The minimum absolute atomic E-state index is 0. The van der Waals surface area contributed by atoms with Crippen molar-refractivity contribution in [3.8, 4) is 0 Å². The maximum Gasteiger partial charge on any atom is 2.00 e. The summed E-state index contributed by atoms with van der Waals surface area (Å²) in [6, 6.07) is 0. The van der Waals surface area contributed by atoms with Crippen LogP contribution < -0.4 is 5.73 Å². The van der Waals surface area contributed by atoms with E-state index in [-0.39, 0.29) is 47.1 Å². The molecule has 0 saturated carbocycles. The van der Waals surface area contributed by atoms with Gasteiger partial charge in [0.1, 0.15) is 0 Å². The summed E-state index contributed by atoms with van der Waals surface area (Å²) >= 11 is 0. The van der Waals surface area contributed by atoms with E-state index >= 15 is 0 Å². The molecule has 0 saturated heterocycles. The van der Waals surface area contributed by atoms with Gasteiger partial charge in [-0.05, 0) is 6.92 Å². The van der Waals surface area contributed by atoms with Crippen LogP contribution in [0.1, 0.15) is 9.78 Å². The zero-order valence-corrected chi connectivity index (χ0v) is 8.27. The second-order valence-electron chi connectivity index (χ2n) is 1.56. The fraction of sp³-hybridized carbons (Fsp3) is 1.00. The Bertz CT molecular complexity index is 162. The summed E-state index contributed by atoms with van der Waals surface area (Å²) < 4.78 is 28.3. The van der Waals surface area contributed by atoms with Gasteiger partial charge in [0.2, 0.25) is 0 Å². The first kappa shape index (κ1) is 12.8. The Hall–Kier alpha value is 1.13. The van der Waals surface area contributed by atoms with Gasteiger partial charge >= 0.3 is 37.7 Å². The van der Waals surface area contributed by atoms with E-state index in [9.17, 15) is 8.42 Å². The molecular formula is C3H11CaNO3S. The van der Waals surface area contributed by atoms with E-state index in [0.29, 0.717) is 0 Å². The standard InChI is InChI=1S/C3H9NO3S.Ca.2H/c1-3(2-4)8(5,6)7;;;/h3H,2,4H2,1H3,(H,5,6,7);;;/q;+2;2*-1. The van der Waals surface area contributed by atoms with Gasteiger partial charge in [-0.2, -0.15) is 8.42 Å². The van der Waals surface area contributed by atoms with Crippen LogP contribution in [0.3, 0.4) is 0 Å². The van der Waals surface area contributed by atoms with Crippen LogP contribution in [-0.4, -0.2) is 62.5 Å². The molecule has 1 unspecified atom stereocenters. The predicted octanol–water partition coefficient (Wildman–Crippen LogP) is -0.934. The molecule has 4 nitrogen and oxygen atoms in total. The molecule has 1 atom stereocenters. The van der Waals surface area contributed by atoms with Gasteiger partial charge in [-0.25, -0.2) is 0 Å². The zero-order valence-electron chi connectivity index (χ0n) is 7.24. The van der Waals surface area contributed by atoms with Crippen molar-refractivity contribution in [3.63, 3.8) is 0 Å². The minimum Gasteiger partial charge on any atom is -1.00 e. The molecule has 0 aliphatic heterocycles. The summed E-state index contributed by atoms with van der Waals surface area (Å²) in [6.45, 7) is 1.30. The second kappa shape index (κ2) is 4.87. The molecule has 0 rings (SSSR count). The number of nitrogens with two attached hydrogens (primary N) is 1. The second-order valence-corrected chi connectivity index (χ2v) is 3.40. The van der Waals surface area contributed by atoms with Crippen molar-refractivity contribution >= 4 is 47.9 Å². The monoisotopic (exact) mass is 181 g/mol. The van der Waals surface area contributed by atoms with Crippen LogP contribution in [0.15, 0.2) is 0 Å². The fourth-order valence-electron chi connectivity index (χ4n) is 0.122. The first-order chi connectivity index (χ1) is 3.48. The molecular weight excluding hydrogens is 170 g/mol. The molecule has 0 aromatic rings. The van der Waals surface area contributed by atoms with E-state index in [0.717, 1.165) is 0 Å². The van der Waals surface area contributed by atoms with Crippen LogP contribution in [0.2, 0.25) is 0 Å². The smallest absolute Gasteiger partial charge is 1.00 e. The SMILES string of the molecule is CC(CN)S(=O)(=O)O.[Ca+2].[H-].[H-]. The molecule has 0 heterocycles. The molecule has 0 aromatic heterocycles. The maximum atomic E-state index is 10.0. The Morgan fingerprint density at radius 1 is 1.78 bits per heavy atom. The van der Waals surface area contributed by atoms with Gasteiger partial charge < -0.3 is 8.59 Å². The summed E-state index contributed by atoms with van der Waals surface area (Å²) in [4.78, 5) is 0. The average molecular weight is 181 g/mol. The molecule has 0 radical (unpaired) electrons. The molecule has 9 heavy (non-hydrogen) atoms. The summed E-state index contributed by atoms with van der Waals surface area (Å²) in [7, 11) is -3.88. The molecule has 6 heteroatoms. The molecule has 0 amide bonds. The molecule has 3 N–H and O–H groups in total. The van der Waals surface area contributed by atoms with E-state index in [4.69, 9.17) is 10.3 Å². The quantitative estimate of drug-likeness (QED) is 0.426.